The van der Waals surface area contributed by atoms with Gasteiger partial charge in [0.2, 0.25) is 0 Å². The van der Waals surface area contributed by atoms with Crippen LogP contribution in [0.15, 0.2) is 37.7 Å². The van der Waals surface area contributed by atoms with Gasteiger partial charge in [-0.05, 0) is 75.0 Å². The first kappa shape index (κ1) is 16.8. The maximum atomic E-state index is 5.48. The number of hydrogen-bond acceptors (Lipinski definition) is 2. The highest BCUT2D eigenvalue weighted by Gasteiger charge is 2.11. The summed E-state index contributed by atoms with van der Waals surface area (Å²) in [7, 11) is 1.69. The van der Waals surface area contributed by atoms with Gasteiger partial charge in [-0.2, -0.15) is 0 Å². The molecule has 112 valence electrons. The van der Waals surface area contributed by atoms with Crippen LogP contribution in [-0.2, 0) is 6.54 Å². The van der Waals surface area contributed by atoms with Crippen molar-refractivity contribution < 1.29 is 4.74 Å². The summed E-state index contributed by atoms with van der Waals surface area (Å²) in [4.78, 5) is 0. The number of hydrogen-bond donors (Lipinski definition) is 1. The molecule has 0 radical (unpaired) electrons. The Balaban J connectivity index is 2.29. The van der Waals surface area contributed by atoms with E-state index in [2.05, 4.69) is 85.2 Å². The van der Waals surface area contributed by atoms with Crippen LogP contribution in [0.5, 0.6) is 5.75 Å². The molecule has 0 fully saturated rings. The molecular formula is C16H16Br3NO. The van der Waals surface area contributed by atoms with E-state index in [4.69, 9.17) is 4.74 Å². The van der Waals surface area contributed by atoms with Crippen molar-refractivity contribution in [3.8, 4) is 5.75 Å². The number of aryl methyl sites for hydroxylation is 2. The van der Waals surface area contributed by atoms with Gasteiger partial charge in [-0.25, -0.2) is 0 Å². The van der Waals surface area contributed by atoms with Crippen LogP contribution in [0, 0.1) is 13.8 Å². The largest absolute Gasteiger partial charge is 0.495 e. The molecule has 0 saturated carbocycles. The monoisotopic (exact) mass is 475 g/mol. The van der Waals surface area contributed by atoms with Gasteiger partial charge >= 0.3 is 0 Å². The van der Waals surface area contributed by atoms with Crippen LogP contribution in [0.25, 0.3) is 0 Å². The second-order valence-electron chi connectivity index (χ2n) is 4.87. The molecule has 0 bridgehead atoms. The molecule has 2 nitrogen and oxygen atoms in total. The molecule has 1 N–H and O–H groups in total. The lowest BCUT2D eigenvalue weighted by Crippen LogP contribution is -2.04. The summed E-state index contributed by atoms with van der Waals surface area (Å²) >= 11 is 10.7. The van der Waals surface area contributed by atoms with Crippen molar-refractivity contribution in [2.75, 3.05) is 12.4 Å². The van der Waals surface area contributed by atoms with Gasteiger partial charge < -0.3 is 10.1 Å². The van der Waals surface area contributed by atoms with E-state index < -0.39 is 0 Å². The van der Waals surface area contributed by atoms with Crippen molar-refractivity contribution in [3.63, 3.8) is 0 Å². The molecule has 0 atom stereocenters. The Bertz CT molecular complexity index is 648. The minimum absolute atomic E-state index is 0.684. The zero-order valence-corrected chi connectivity index (χ0v) is 16.8. The van der Waals surface area contributed by atoms with Gasteiger partial charge in [-0.15, -0.1) is 0 Å². The molecule has 0 saturated heterocycles. The van der Waals surface area contributed by atoms with Crippen molar-refractivity contribution in [2.24, 2.45) is 0 Å². The molecule has 2 rings (SSSR count). The number of anilines is 1. The summed E-state index contributed by atoms with van der Waals surface area (Å²) in [5.41, 5.74) is 4.66. The number of benzene rings is 2. The number of rotatable bonds is 4. The first-order valence-electron chi connectivity index (χ1n) is 6.45. The van der Waals surface area contributed by atoms with Crippen LogP contribution in [-0.4, -0.2) is 7.11 Å². The third-order valence-electron chi connectivity index (χ3n) is 3.18. The van der Waals surface area contributed by atoms with Crippen LogP contribution in [0.4, 0.5) is 5.69 Å². The van der Waals surface area contributed by atoms with E-state index in [-0.39, 0.29) is 0 Å². The quantitative estimate of drug-likeness (QED) is 0.565. The Morgan fingerprint density at radius 1 is 1.00 bits per heavy atom. The van der Waals surface area contributed by atoms with E-state index in [1.165, 1.54) is 11.1 Å². The molecule has 0 aliphatic rings. The molecule has 0 unspecified atom stereocenters. The fourth-order valence-electron chi connectivity index (χ4n) is 2.30. The highest BCUT2D eigenvalue weighted by atomic mass is 79.9. The van der Waals surface area contributed by atoms with Crippen LogP contribution in [0.1, 0.15) is 16.7 Å². The van der Waals surface area contributed by atoms with E-state index >= 15 is 0 Å². The highest BCUT2D eigenvalue weighted by Crippen LogP contribution is 2.34. The van der Waals surface area contributed by atoms with Crippen molar-refractivity contribution in [2.45, 2.75) is 20.4 Å². The number of ether oxygens (including phenoxy) is 1. The molecule has 0 heterocycles. The molecule has 2 aromatic carbocycles. The first-order chi connectivity index (χ1) is 9.92. The molecule has 0 spiro atoms. The lowest BCUT2D eigenvalue weighted by atomic mass is 10.1. The molecule has 0 aromatic heterocycles. The molecule has 21 heavy (non-hydrogen) atoms. The van der Waals surface area contributed by atoms with Gasteiger partial charge in [0.15, 0.2) is 0 Å². The summed E-state index contributed by atoms with van der Waals surface area (Å²) in [5.74, 6) is 0.853. The van der Waals surface area contributed by atoms with Crippen LogP contribution in [0.2, 0.25) is 0 Å². The van der Waals surface area contributed by atoms with Crippen molar-refractivity contribution >= 4 is 53.5 Å². The number of halogens is 3. The van der Waals surface area contributed by atoms with E-state index in [1.54, 1.807) is 7.11 Å². The fraction of sp³-hybridized carbons (Fsp3) is 0.250. The Labute approximate surface area is 150 Å². The minimum atomic E-state index is 0.684. The van der Waals surface area contributed by atoms with E-state index in [0.29, 0.717) is 6.54 Å². The smallest absolute Gasteiger partial charge is 0.138 e. The van der Waals surface area contributed by atoms with Crippen molar-refractivity contribution in [1.29, 1.82) is 0 Å². The number of methoxy groups -OCH3 is 1. The summed E-state index contributed by atoms with van der Waals surface area (Å²) in [6.07, 6.45) is 0. The van der Waals surface area contributed by atoms with Gasteiger partial charge in [0.25, 0.3) is 0 Å². The van der Waals surface area contributed by atoms with E-state index in [1.807, 2.05) is 6.07 Å². The van der Waals surface area contributed by atoms with Crippen LogP contribution in [0.3, 0.4) is 0 Å². The lowest BCUT2D eigenvalue weighted by molar-refractivity contribution is 0.407. The minimum Gasteiger partial charge on any atom is -0.495 e. The Morgan fingerprint density at radius 2 is 1.71 bits per heavy atom. The third kappa shape index (κ3) is 4.02. The zero-order valence-electron chi connectivity index (χ0n) is 12.1. The van der Waals surface area contributed by atoms with Gasteiger partial charge in [-0.1, -0.05) is 22.0 Å². The average molecular weight is 478 g/mol. The standard InChI is InChI=1S/C16H16Br3NO/c1-9-4-10(2)15(13(18)5-9)20-8-11-6-12(17)7-14(19)16(11)21-3/h4-7,20H,8H2,1-3H3. The Morgan fingerprint density at radius 3 is 2.33 bits per heavy atom. The summed E-state index contributed by atoms with van der Waals surface area (Å²) in [5, 5.41) is 3.49. The number of nitrogens with one attached hydrogen (secondary N) is 1. The molecule has 2 aromatic rings. The molecule has 5 heteroatoms. The molecular weight excluding hydrogens is 462 g/mol. The second-order valence-corrected chi connectivity index (χ2v) is 7.50. The molecule has 0 amide bonds. The normalized spacial score (nSPS) is 10.6. The predicted octanol–water partition coefficient (Wildman–Crippen LogP) is 6.21. The zero-order chi connectivity index (χ0) is 15.6. The average Bonchev–Trinajstić information content (AvgIpc) is 2.36. The summed E-state index contributed by atoms with van der Waals surface area (Å²) < 4.78 is 8.52. The van der Waals surface area contributed by atoms with Crippen LogP contribution >= 0.6 is 47.8 Å². The fourth-order valence-corrected chi connectivity index (χ4v) is 4.59. The Kier molecular flexibility index (Phi) is 5.74. The van der Waals surface area contributed by atoms with Crippen molar-refractivity contribution in [1.82, 2.24) is 0 Å². The van der Waals surface area contributed by atoms with E-state index in [0.717, 1.165) is 30.4 Å². The summed E-state index contributed by atoms with van der Waals surface area (Å²) in [6.45, 7) is 4.88. The van der Waals surface area contributed by atoms with Crippen LogP contribution < -0.4 is 10.1 Å². The van der Waals surface area contributed by atoms with Gasteiger partial charge in [0.1, 0.15) is 5.75 Å². The topological polar surface area (TPSA) is 21.3 Å². The Hall–Kier alpha value is -0.520. The molecule has 0 aliphatic heterocycles. The maximum absolute atomic E-state index is 5.48. The SMILES string of the molecule is COc1c(Br)cc(Br)cc1CNc1c(C)cc(C)cc1Br. The highest BCUT2D eigenvalue weighted by molar-refractivity contribution is 9.11. The third-order valence-corrected chi connectivity index (χ3v) is 4.85. The van der Waals surface area contributed by atoms with Gasteiger partial charge in [0, 0.05) is 21.1 Å². The molecule has 0 aliphatic carbocycles. The van der Waals surface area contributed by atoms with E-state index in [9.17, 15) is 0 Å². The summed E-state index contributed by atoms with van der Waals surface area (Å²) in [6, 6.07) is 8.33. The second kappa shape index (κ2) is 7.16. The van der Waals surface area contributed by atoms with Gasteiger partial charge in [0.05, 0.1) is 17.3 Å². The lowest BCUT2D eigenvalue weighted by Gasteiger charge is -2.16. The first-order valence-corrected chi connectivity index (χ1v) is 8.82. The maximum Gasteiger partial charge on any atom is 0.138 e. The predicted molar refractivity (Wildman–Crippen MR) is 99.3 cm³/mol. The van der Waals surface area contributed by atoms with Crippen molar-refractivity contribution in [3.05, 3.63) is 54.4 Å². The van der Waals surface area contributed by atoms with Gasteiger partial charge in [-0.3, -0.25) is 0 Å².